The molecule has 1 unspecified atom stereocenters. The Morgan fingerprint density at radius 1 is 0.460 bits per heavy atom. The maximum atomic E-state index is 11.4. The highest BCUT2D eigenvalue weighted by Crippen LogP contribution is 2.43. The van der Waals surface area contributed by atoms with Gasteiger partial charge in [0.25, 0.3) is 0 Å². The Labute approximate surface area is 305 Å². The Balaban J connectivity index is 0. The van der Waals surface area contributed by atoms with Crippen molar-refractivity contribution in [3.8, 4) is 0 Å². The van der Waals surface area contributed by atoms with Crippen LogP contribution in [0.2, 0.25) is 0 Å². The quantitative estimate of drug-likeness (QED) is 0.0328. The fraction of sp³-hybridized carbons (Fsp3) is 0.842. The summed E-state index contributed by atoms with van der Waals surface area (Å²) < 4.78 is 34.6. The molecule has 0 spiro atoms. The third kappa shape index (κ3) is 44.7. The molecule has 12 heteroatoms. The van der Waals surface area contributed by atoms with Gasteiger partial charge in [-0.1, -0.05) is 141 Å². The molecule has 3 N–H and O–H groups in total. The normalized spacial score (nSPS) is 12.9. The van der Waals surface area contributed by atoms with Crippen molar-refractivity contribution in [2.24, 2.45) is 0 Å². The van der Waals surface area contributed by atoms with Crippen LogP contribution in [0.1, 0.15) is 201 Å². The van der Waals surface area contributed by atoms with Gasteiger partial charge in [-0.15, -0.1) is 0 Å². The summed E-state index contributed by atoms with van der Waals surface area (Å²) in [5.74, 6) is -1.48. The number of carbonyl (C=O) groups excluding carboxylic acids is 2. The third-order valence-corrected chi connectivity index (χ3v) is 9.48. The molecule has 0 aromatic rings. The summed E-state index contributed by atoms with van der Waals surface area (Å²) in [4.78, 5) is 48.6. The maximum absolute atomic E-state index is 11.4. The van der Waals surface area contributed by atoms with Crippen LogP contribution < -0.4 is 0 Å². The van der Waals surface area contributed by atoms with Crippen molar-refractivity contribution < 1.29 is 47.0 Å². The first-order chi connectivity index (χ1) is 24.0. The largest absolute Gasteiger partial charge is 0.529 e. The van der Waals surface area contributed by atoms with E-state index in [4.69, 9.17) is 9.79 Å². The minimum absolute atomic E-state index is 0.0362. The highest BCUT2D eigenvalue weighted by Gasteiger charge is 2.24. The topological polar surface area (TPSA) is 157 Å². The van der Waals surface area contributed by atoms with Crippen molar-refractivity contribution in [1.82, 2.24) is 0 Å². The average Bonchev–Trinajstić information content (AvgIpc) is 3.04. The summed E-state index contributed by atoms with van der Waals surface area (Å²) in [7, 11) is -8.86. The number of allylic oxidation sites excluding steroid dienone is 4. The zero-order valence-electron chi connectivity index (χ0n) is 31.9. The summed E-state index contributed by atoms with van der Waals surface area (Å²) in [5.41, 5.74) is 0. The molecule has 0 saturated carbocycles. The molecule has 0 saturated heterocycles. The Kier molecular flexibility index (Phi) is 38.1. The molecule has 0 aromatic carbocycles. The van der Waals surface area contributed by atoms with E-state index >= 15 is 0 Å². The zero-order chi connectivity index (χ0) is 37.6. The molecular formula is C38H74O10P2. The monoisotopic (exact) mass is 752 g/mol. The first kappa shape index (κ1) is 50.8. The number of hydrogen-bond donors (Lipinski definition) is 3. The molecule has 0 heterocycles. The van der Waals surface area contributed by atoms with Gasteiger partial charge in [0, 0.05) is 12.8 Å². The van der Waals surface area contributed by atoms with Crippen LogP contribution in [-0.2, 0) is 32.3 Å². The van der Waals surface area contributed by atoms with E-state index in [1.807, 2.05) is 0 Å². The van der Waals surface area contributed by atoms with E-state index in [2.05, 4.69) is 51.7 Å². The van der Waals surface area contributed by atoms with Crippen LogP contribution in [-0.4, -0.2) is 33.2 Å². The van der Waals surface area contributed by atoms with Crippen molar-refractivity contribution >= 4 is 27.6 Å². The molecule has 0 fully saturated rings. The minimum Gasteiger partial charge on any atom is -0.371 e. The summed E-state index contributed by atoms with van der Waals surface area (Å²) in [6.07, 6.45) is 39.9. The van der Waals surface area contributed by atoms with Gasteiger partial charge in [-0.3, -0.25) is 28.8 Å². The molecule has 10 nitrogen and oxygen atoms in total. The van der Waals surface area contributed by atoms with Crippen LogP contribution in [0.15, 0.2) is 24.3 Å². The van der Waals surface area contributed by atoms with E-state index < -0.39 is 27.6 Å². The van der Waals surface area contributed by atoms with E-state index in [-0.39, 0.29) is 19.4 Å². The van der Waals surface area contributed by atoms with E-state index in [1.54, 1.807) is 6.92 Å². The van der Waals surface area contributed by atoms with Gasteiger partial charge in [-0.2, -0.15) is 0 Å². The molecule has 0 amide bonds. The van der Waals surface area contributed by atoms with Crippen molar-refractivity contribution in [3.63, 3.8) is 0 Å². The van der Waals surface area contributed by atoms with E-state index in [0.29, 0.717) is 12.8 Å². The Bertz CT molecular complexity index is 933. The van der Waals surface area contributed by atoms with Gasteiger partial charge >= 0.3 is 27.6 Å². The average molecular weight is 753 g/mol. The lowest BCUT2D eigenvalue weighted by Gasteiger charge is -2.10. The van der Waals surface area contributed by atoms with Crippen molar-refractivity contribution in [1.29, 1.82) is 0 Å². The number of unbranched alkanes of at least 4 members (excludes halogenated alkanes) is 22. The lowest BCUT2D eigenvalue weighted by Crippen LogP contribution is -2.04. The van der Waals surface area contributed by atoms with E-state index in [1.165, 1.54) is 96.3 Å². The molecule has 0 radical (unpaired) electrons. The van der Waals surface area contributed by atoms with Gasteiger partial charge in [-0.05, 0) is 71.1 Å². The minimum atomic E-state index is -4.67. The van der Waals surface area contributed by atoms with Gasteiger partial charge in [0.05, 0.1) is 6.61 Å². The number of phosphoric acid groups is 2. The molecule has 0 rings (SSSR count). The number of hydrogen-bond acceptors (Lipinski definition) is 7. The van der Waals surface area contributed by atoms with Crippen molar-refractivity contribution in [2.75, 3.05) is 6.61 Å². The highest BCUT2D eigenvalue weighted by atomic mass is 31.2. The predicted octanol–water partition coefficient (Wildman–Crippen LogP) is 12.4. The van der Waals surface area contributed by atoms with Gasteiger partial charge < -0.3 is 9.05 Å². The van der Waals surface area contributed by atoms with Gasteiger partial charge in [0.2, 0.25) is 0 Å². The summed E-state index contributed by atoms with van der Waals surface area (Å²) >= 11 is 0. The standard InChI is InChI=1S/C20H39O5P.C18H35O5P/c1-3-5-6-7-8-9-10-11-12-13-14-15-16-17-18-19-20(21)25-26(22,23)24-4-2;1-2-3-4-5-6-7-8-9-10-11-12-13-14-15-16-17-18(19)23-24(20,21)22/h11-12H,3-10,13-19H2,1-2H3,(H,22,23);9-10H,2-8,11-17H2,1H3,(H2,20,21,22)/b12-11-;10-9-. The molecule has 0 bridgehead atoms. The molecule has 296 valence electrons. The number of phosphoric ester groups is 2. The maximum Gasteiger partial charge on any atom is 0.529 e. The van der Waals surface area contributed by atoms with E-state index in [0.717, 1.165) is 57.8 Å². The summed E-state index contributed by atoms with van der Waals surface area (Å²) in [6, 6.07) is 0. The third-order valence-electron chi connectivity index (χ3n) is 8.02. The van der Waals surface area contributed by atoms with E-state index in [9.17, 15) is 23.6 Å². The van der Waals surface area contributed by atoms with Gasteiger partial charge in [0.1, 0.15) is 0 Å². The first-order valence-electron chi connectivity index (χ1n) is 19.7. The Hall–Kier alpha value is -1.28. The molecule has 0 aliphatic rings. The van der Waals surface area contributed by atoms with Crippen LogP contribution in [0.5, 0.6) is 0 Å². The lowest BCUT2D eigenvalue weighted by molar-refractivity contribution is -0.137. The second-order valence-corrected chi connectivity index (χ2v) is 15.5. The molecule has 1 atom stereocenters. The summed E-state index contributed by atoms with van der Waals surface area (Å²) in [5, 5.41) is 0. The Morgan fingerprint density at radius 2 is 0.760 bits per heavy atom. The fourth-order valence-electron chi connectivity index (χ4n) is 5.22. The lowest BCUT2D eigenvalue weighted by atomic mass is 10.1. The second-order valence-electron chi connectivity index (χ2n) is 13.0. The molecule has 50 heavy (non-hydrogen) atoms. The van der Waals surface area contributed by atoms with Crippen molar-refractivity contribution in [3.05, 3.63) is 24.3 Å². The fourth-order valence-corrected chi connectivity index (χ4v) is 6.31. The SMILES string of the molecule is CCCCCCCC/C=C\CCCCCCCC(=O)OP(=O)(O)O.CCCCCCCC/C=C\CCCCCCCC(=O)OP(=O)(O)OCC. The first-order valence-corrected chi connectivity index (χ1v) is 22.8. The van der Waals surface area contributed by atoms with Crippen molar-refractivity contribution in [2.45, 2.75) is 201 Å². The highest BCUT2D eigenvalue weighted by molar-refractivity contribution is 7.48. The summed E-state index contributed by atoms with van der Waals surface area (Å²) in [6.45, 7) is 6.09. The number of carbonyl (C=O) groups is 2. The second kappa shape index (κ2) is 37.5. The molecule has 0 aromatic heterocycles. The van der Waals surface area contributed by atoms with Crippen LogP contribution >= 0.6 is 15.6 Å². The Morgan fingerprint density at radius 3 is 1.08 bits per heavy atom. The van der Waals surface area contributed by atoms with Crippen LogP contribution in [0.25, 0.3) is 0 Å². The molecule has 0 aliphatic heterocycles. The van der Waals surface area contributed by atoms with Gasteiger partial charge in [0.15, 0.2) is 0 Å². The molecule has 0 aliphatic carbocycles. The van der Waals surface area contributed by atoms with Gasteiger partial charge in [-0.25, -0.2) is 9.13 Å². The van der Waals surface area contributed by atoms with Crippen LogP contribution in [0.4, 0.5) is 0 Å². The molecular weight excluding hydrogens is 678 g/mol. The smallest absolute Gasteiger partial charge is 0.371 e. The van der Waals surface area contributed by atoms with Crippen LogP contribution in [0.3, 0.4) is 0 Å². The zero-order valence-corrected chi connectivity index (χ0v) is 33.7. The number of rotatable bonds is 34. The van der Waals surface area contributed by atoms with Crippen LogP contribution in [0, 0.1) is 0 Å². The predicted molar refractivity (Wildman–Crippen MR) is 205 cm³/mol.